The molecule has 1 unspecified atom stereocenters. The average Bonchev–Trinajstić information content (AvgIpc) is 3.47. The zero-order chi connectivity index (χ0) is 23.2. The van der Waals surface area contributed by atoms with Gasteiger partial charge in [0.25, 0.3) is 0 Å². The molecule has 2 heterocycles. The summed E-state index contributed by atoms with van der Waals surface area (Å²) < 4.78 is 0. The first-order valence-corrected chi connectivity index (χ1v) is 13.9. The smallest absolute Gasteiger partial charge is 0.226 e. The van der Waals surface area contributed by atoms with Crippen LogP contribution < -0.4 is 0 Å². The third-order valence-corrected chi connectivity index (χ3v) is 8.53. The first-order chi connectivity index (χ1) is 16.1. The first-order valence-electron chi connectivity index (χ1n) is 12.7. The van der Waals surface area contributed by atoms with Gasteiger partial charge in [-0.25, -0.2) is 0 Å². The predicted molar refractivity (Wildman–Crippen MR) is 137 cm³/mol. The van der Waals surface area contributed by atoms with Gasteiger partial charge in [-0.1, -0.05) is 12.8 Å². The Bertz CT molecular complexity index is 943. The Morgan fingerprint density at radius 2 is 2.06 bits per heavy atom. The van der Waals surface area contributed by atoms with E-state index < -0.39 is 0 Å². The van der Waals surface area contributed by atoms with Crippen LogP contribution in [0.2, 0.25) is 0 Å². The molecular formula is C27H39N3O2S. The number of fused-ring (bicyclic) bond motifs is 1. The molecule has 2 aromatic rings. The minimum atomic E-state index is -0.0907. The molecule has 1 aliphatic carbocycles. The number of benzene rings is 1. The maximum absolute atomic E-state index is 12.9. The van der Waals surface area contributed by atoms with E-state index in [2.05, 4.69) is 40.5 Å². The van der Waals surface area contributed by atoms with Crippen LogP contribution in [-0.4, -0.2) is 66.0 Å². The molecule has 2 fully saturated rings. The molecule has 0 bridgehead atoms. The van der Waals surface area contributed by atoms with Gasteiger partial charge < -0.3 is 19.6 Å². The number of nitrogens with zero attached hydrogens (tertiary/aromatic N) is 2. The van der Waals surface area contributed by atoms with Gasteiger partial charge in [0.1, 0.15) is 6.29 Å². The zero-order valence-electron chi connectivity index (χ0n) is 20.2. The van der Waals surface area contributed by atoms with E-state index in [0.717, 1.165) is 64.3 Å². The summed E-state index contributed by atoms with van der Waals surface area (Å²) in [5, 5.41) is 1.37. The summed E-state index contributed by atoms with van der Waals surface area (Å²) in [6, 6.07) is 7.31. The topological polar surface area (TPSA) is 56.4 Å². The van der Waals surface area contributed by atoms with Crippen LogP contribution in [0.4, 0.5) is 0 Å². The van der Waals surface area contributed by atoms with Gasteiger partial charge in [0.15, 0.2) is 0 Å². The summed E-state index contributed by atoms with van der Waals surface area (Å²) in [6.07, 6.45) is 15.0. The Kier molecular flexibility index (Phi) is 8.53. The molecule has 6 heteroatoms. The molecule has 1 amide bonds. The fraction of sp³-hybridized carbons (Fsp3) is 0.630. The molecule has 3 atom stereocenters. The van der Waals surface area contributed by atoms with Gasteiger partial charge in [-0.3, -0.25) is 4.79 Å². The van der Waals surface area contributed by atoms with Crippen molar-refractivity contribution in [2.24, 2.45) is 11.8 Å². The number of hydrogen-bond donors (Lipinski definition) is 1. The van der Waals surface area contributed by atoms with Crippen LogP contribution in [-0.2, 0) is 16.0 Å². The van der Waals surface area contributed by atoms with E-state index in [-0.39, 0.29) is 17.7 Å². The molecule has 2 aliphatic rings. The highest BCUT2D eigenvalue weighted by molar-refractivity contribution is 7.98. The highest BCUT2D eigenvalue weighted by Crippen LogP contribution is 2.31. The van der Waals surface area contributed by atoms with Crippen LogP contribution in [0.25, 0.3) is 10.9 Å². The van der Waals surface area contributed by atoms with Crippen molar-refractivity contribution in [1.82, 2.24) is 14.8 Å². The number of unbranched alkanes of at least 4 members (excludes halogenated alkanes) is 1. The van der Waals surface area contributed by atoms with Crippen molar-refractivity contribution in [1.29, 1.82) is 0 Å². The summed E-state index contributed by atoms with van der Waals surface area (Å²) in [5.41, 5.74) is 2.66. The van der Waals surface area contributed by atoms with Gasteiger partial charge in [0, 0.05) is 53.5 Å². The zero-order valence-corrected chi connectivity index (χ0v) is 21.0. The lowest BCUT2D eigenvalue weighted by Crippen LogP contribution is -2.39. The van der Waals surface area contributed by atoms with Crippen LogP contribution >= 0.6 is 11.8 Å². The van der Waals surface area contributed by atoms with Gasteiger partial charge in [-0.05, 0) is 88.1 Å². The number of likely N-dealkylation sites (tertiary alicyclic amines) is 1. The van der Waals surface area contributed by atoms with E-state index in [4.69, 9.17) is 0 Å². The number of amides is 1. The van der Waals surface area contributed by atoms with Crippen molar-refractivity contribution in [3.8, 4) is 0 Å². The minimum absolute atomic E-state index is 0.0735. The van der Waals surface area contributed by atoms with E-state index >= 15 is 0 Å². The number of nitrogens with one attached hydrogen (secondary N) is 1. The molecule has 0 radical (unpaired) electrons. The number of carbonyl (C=O) groups excluding carboxylic acids is 2. The highest BCUT2D eigenvalue weighted by atomic mass is 32.2. The molecule has 1 aliphatic heterocycles. The molecule has 1 saturated carbocycles. The van der Waals surface area contributed by atoms with Gasteiger partial charge in [-0.2, -0.15) is 0 Å². The lowest BCUT2D eigenvalue weighted by molar-refractivity contribution is -0.139. The first kappa shape index (κ1) is 24.3. The molecule has 5 nitrogen and oxygen atoms in total. The summed E-state index contributed by atoms with van der Waals surface area (Å²) in [5.74, 6) is 0.0115. The van der Waals surface area contributed by atoms with Crippen molar-refractivity contribution in [2.45, 2.75) is 68.7 Å². The normalized spacial score (nSPS) is 23.8. The number of rotatable bonds is 10. The molecule has 0 spiro atoms. The maximum Gasteiger partial charge on any atom is 0.226 e. The van der Waals surface area contributed by atoms with Gasteiger partial charge in [0.2, 0.25) is 5.91 Å². The van der Waals surface area contributed by atoms with Crippen LogP contribution in [0.3, 0.4) is 0 Å². The van der Waals surface area contributed by atoms with Crippen molar-refractivity contribution in [3.63, 3.8) is 0 Å². The van der Waals surface area contributed by atoms with Crippen LogP contribution in [0.15, 0.2) is 29.3 Å². The number of aromatic nitrogens is 1. The second-order valence-corrected chi connectivity index (χ2v) is 10.8. The Morgan fingerprint density at radius 1 is 1.21 bits per heavy atom. The summed E-state index contributed by atoms with van der Waals surface area (Å²) in [6.45, 7) is 3.08. The Hall–Kier alpha value is -1.79. The SMILES string of the molecule is CSc1ccc2[nH]cc(CC3CCCN3CCCCN(C)C(=O)[C@@H]3CCCC[C@@H]3C=O)c2c1. The third-order valence-electron chi connectivity index (χ3n) is 7.81. The maximum atomic E-state index is 12.9. The number of H-pyrrole nitrogens is 1. The quantitative estimate of drug-likeness (QED) is 0.297. The summed E-state index contributed by atoms with van der Waals surface area (Å²) in [4.78, 5) is 33.5. The number of aldehydes is 1. The molecule has 1 aromatic heterocycles. The second-order valence-electron chi connectivity index (χ2n) is 9.92. The molecule has 1 N–H and O–H groups in total. The number of carbonyl (C=O) groups is 2. The standard InChI is InChI=1S/C27H39N3O2S/c1-29(27(32)24-10-4-3-8-20(24)19-31)13-5-6-14-30-15-7-9-22(30)16-21-18-28-26-12-11-23(33-2)17-25(21)26/h11-12,17-20,22,24,28H,3-10,13-16H2,1-2H3/t20-,22?,24-/m1/s1. The Labute approximate surface area is 202 Å². The van der Waals surface area contributed by atoms with Crippen LogP contribution in [0.1, 0.15) is 56.9 Å². The number of thioether (sulfide) groups is 1. The summed E-state index contributed by atoms with van der Waals surface area (Å²) >= 11 is 1.80. The van der Waals surface area contributed by atoms with Crippen LogP contribution in [0.5, 0.6) is 0 Å². The minimum Gasteiger partial charge on any atom is -0.361 e. The lowest BCUT2D eigenvalue weighted by atomic mass is 9.79. The predicted octanol–water partition coefficient (Wildman–Crippen LogP) is 5.14. The molecule has 180 valence electrons. The third kappa shape index (κ3) is 5.83. The van der Waals surface area contributed by atoms with Gasteiger partial charge >= 0.3 is 0 Å². The van der Waals surface area contributed by atoms with Crippen molar-refractivity contribution in [2.75, 3.05) is 32.9 Å². The van der Waals surface area contributed by atoms with E-state index in [1.165, 1.54) is 40.7 Å². The highest BCUT2D eigenvalue weighted by Gasteiger charge is 2.32. The number of aromatic amines is 1. The van der Waals surface area contributed by atoms with Crippen molar-refractivity contribution < 1.29 is 9.59 Å². The Morgan fingerprint density at radius 3 is 2.88 bits per heavy atom. The van der Waals surface area contributed by atoms with Gasteiger partial charge in [-0.15, -0.1) is 11.8 Å². The number of hydrogen-bond acceptors (Lipinski definition) is 4. The fourth-order valence-electron chi connectivity index (χ4n) is 5.81. The lowest BCUT2D eigenvalue weighted by Gasteiger charge is -2.30. The molecule has 1 aromatic carbocycles. The average molecular weight is 470 g/mol. The van der Waals surface area contributed by atoms with E-state index in [0.29, 0.717) is 6.04 Å². The monoisotopic (exact) mass is 469 g/mol. The van der Waals surface area contributed by atoms with Crippen molar-refractivity contribution >= 4 is 34.9 Å². The van der Waals surface area contributed by atoms with Crippen molar-refractivity contribution in [3.05, 3.63) is 30.0 Å². The Balaban J connectivity index is 1.25. The molecular weight excluding hydrogens is 430 g/mol. The molecule has 33 heavy (non-hydrogen) atoms. The molecule has 4 rings (SSSR count). The molecule has 1 saturated heterocycles. The summed E-state index contributed by atoms with van der Waals surface area (Å²) in [7, 11) is 1.91. The van der Waals surface area contributed by atoms with Gasteiger partial charge in [0.05, 0.1) is 0 Å². The second kappa shape index (κ2) is 11.6. The van der Waals surface area contributed by atoms with Crippen LogP contribution in [0, 0.1) is 11.8 Å². The van der Waals surface area contributed by atoms with E-state index in [9.17, 15) is 9.59 Å². The largest absolute Gasteiger partial charge is 0.361 e. The van der Waals surface area contributed by atoms with E-state index in [1.807, 2.05) is 11.9 Å². The van der Waals surface area contributed by atoms with E-state index in [1.54, 1.807) is 11.8 Å². The fourth-order valence-corrected chi connectivity index (χ4v) is 6.25.